The fourth-order valence-electron chi connectivity index (χ4n) is 5.12. The molecule has 1 aliphatic heterocycles. The summed E-state index contributed by atoms with van der Waals surface area (Å²) in [7, 11) is 1.37. The molecule has 1 saturated heterocycles. The lowest BCUT2D eigenvalue weighted by molar-refractivity contribution is 0.0675. The topological polar surface area (TPSA) is 88.9 Å². The van der Waals surface area contributed by atoms with E-state index < -0.39 is 17.3 Å². The zero-order valence-corrected chi connectivity index (χ0v) is 18.7. The third-order valence-corrected chi connectivity index (χ3v) is 7.31. The van der Waals surface area contributed by atoms with Crippen molar-refractivity contribution >= 4 is 28.5 Å². The minimum absolute atomic E-state index is 0.0103. The van der Waals surface area contributed by atoms with Crippen LogP contribution in [0.1, 0.15) is 34.6 Å². The highest BCUT2D eigenvalue weighted by atomic mass is 35.5. The number of nitrogens with zero attached hydrogens (tertiary/aromatic N) is 5. The summed E-state index contributed by atoms with van der Waals surface area (Å²) in [6, 6.07) is 6.78. The molecule has 10 heteroatoms. The standard InChI is InChI=1S/C23H20ClFN6O2/c1-12-14(24)3-4-15-20(12)29-22(28-15)23-11-13(23)7-10-30(23)21(32)18-16(31-26-8-9-27-31)5-6-17(33-2)19(18)25/h3-6,8-9,13H,7,10-11H2,1-2H3,(H,28,29)/t13-,23+/m1/s1. The molecule has 1 aliphatic carbocycles. The van der Waals surface area contributed by atoms with Crippen LogP contribution in [0.15, 0.2) is 36.7 Å². The number of benzene rings is 2. The molecule has 2 fully saturated rings. The van der Waals surface area contributed by atoms with E-state index in [0.29, 0.717) is 17.4 Å². The van der Waals surface area contributed by atoms with Gasteiger partial charge in [0.25, 0.3) is 5.91 Å². The number of aromatic nitrogens is 5. The monoisotopic (exact) mass is 466 g/mol. The van der Waals surface area contributed by atoms with Crippen molar-refractivity contribution in [1.29, 1.82) is 0 Å². The molecule has 1 N–H and O–H groups in total. The Morgan fingerprint density at radius 2 is 2.06 bits per heavy atom. The molecule has 2 aromatic heterocycles. The van der Waals surface area contributed by atoms with Gasteiger partial charge in [-0.15, -0.1) is 0 Å². The maximum atomic E-state index is 15.5. The molecule has 6 rings (SSSR count). The highest BCUT2D eigenvalue weighted by Gasteiger charge is 2.66. The number of aryl methyl sites for hydroxylation is 1. The van der Waals surface area contributed by atoms with Gasteiger partial charge in [0.05, 0.1) is 30.5 Å². The number of likely N-dealkylation sites (tertiary alicyclic amines) is 1. The molecule has 1 amide bonds. The lowest BCUT2D eigenvalue weighted by Crippen LogP contribution is -2.40. The first kappa shape index (κ1) is 20.2. The van der Waals surface area contributed by atoms with Crippen molar-refractivity contribution in [1.82, 2.24) is 29.9 Å². The first-order valence-electron chi connectivity index (χ1n) is 10.7. The number of rotatable bonds is 4. The largest absolute Gasteiger partial charge is 0.494 e. The third kappa shape index (κ3) is 2.75. The first-order valence-corrected chi connectivity index (χ1v) is 11.0. The Balaban J connectivity index is 1.47. The molecule has 33 heavy (non-hydrogen) atoms. The summed E-state index contributed by atoms with van der Waals surface area (Å²) in [5.41, 5.74) is 2.07. The lowest BCUT2D eigenvalue weighted by atomic mass is 10.1. The van der Waals surface area contributed by atoms with E-state index in [-0.39, 0.29) is 22.9 Å². The van der Waals surface area contributed by atoms with Crippen LogP contribution in [0.4, 0.5) is 4.39 Å². The van der Waals surface area contributed by atoms with E-state index >= 15 is 4.39 Å². The van der Waals surface area contributed by atoms with Crippen LogP contribution >= 0.6 is 11.6 Å². The van der Waals surface area contributed by atoms with E-state index in [0.717, 1.165) is 29.4 Å². The van der Waals surface area contributed by atoms with E-state index in [9.17, 15) is 4.79 Å². The average molecular weight is 467 g/mol. The molecule has 3 heterocycles. The highest BCUT2D eigenvalue weighted by molar-refractivity contribution is 6.32. The molecule has 2 aliphatic rings. The summed E-state index contributed by atoms with van der Waals surface area (Å²) >= 11 is 6.29. The second-order valence-corrected chi connectivity index (χ2v) is 8.93. The van der Waals surface area contributed by atoms with Crippen molar-refractivity contribution in [2.24, 2.45) is 5.92 Å². The van der Waals surface area contributed by atoms with Gasteiger partial charge in [0.2, 0.25) is 0 Å². The van der Waals surface area contributed by atoms with Crippen LogP contribution in [0.25, 0.3) is 16.7 Å². The van der Waals surface area contributed by atoms with E-state index in [1.54, 1.807) is 11.0 Å². The van der Waals surface area contributed by atoms with Gasteiger partial charge in [0.1, 0.15) is 22.6 Å². The molecule has 0 unspecified atom stereocenters. The summed E-state index contributed by atoms with van der Waals surface area (Å²) < 4.78 is 20.6. The quantitative estimate of drug-likeness (QED) is 0.491. The smallest absolute Gasteiger partial charge is 0.260 e. The Kier molecular flexibility index (Phi) is 4.29. The van der Waals surface area contributed by atoms with Gasteiger partial charge in [-0.05, 0) is 55.5 Å². The molecule has 8 nitrogen and oxygen atoms in total. The van der Waals surface area contributed by atoms with Gasteiger partial charge in [0, 0.05) is 11.6 Å². The molecule has 4 aromatic rings. The Hall–Kier alpha value is -3.46. The predicted octanol–water partition coefficient (Wildman–Crippen LogP) is 4.01. The van der Waals surface area contributed by atoms with Gasteiger partial charge in [-0.25, -0.2) is 9.37 Å². The number of ether oxygens (including phenoxy) is 1. The van der Waals surface area contributed by atoms with Gasteiger partial charge in [-0.1, -0.05) is 11.6 Å². The number of halogens is 2. The molecule has 2 atom stereocenters. The Labute approximate surface area is 193 Å². The van der Waals surface area contributed by atoms with Gasteiger partial charge in [-0.2, -0.15) is 15.0 Å². The molecule has 168 valence electrons. The van der Waals surface area contributed by atoms with Crippen LogP contribution in [0, 0.1) is 18.7 Å². The van der Waals surface area contributed by atoms with Crippen molar-refractivity contribution in [3.63, 3.8) is 0 Å². The Bertz CT molecular complexity index is 1420. The number of H-pyrrole nitrogens is 1. The van der Waals surface area contributed by atoms with Crippen molar-refractivity contribution in [3.05, 3.63) is 64.5 Å². The van der Waals surface area contributed by atoms with Crippen LogP contribution in [0.2, 0.25) is 5.02 Å². The maximum Gasteiger partial charge on any atom is 0.260 e. The minimum atomic E-state index is -0.733. The molecule has 1 saturated carbocycles. The molecular formula is C23H20ClFN6O2. The number of hydrogen-bond donors (Lipinski definition) is 1. The van der Waals surface area contributed by atoms with Gasteiger partial charge < -0.3 is 14.6 Å². The Morgan fingerprint density at radius 3 is 2.79 bits per heavy atom. The van der Waals surface area contributed by atoms with Crippen LogP contribution in [0.5, 0.6) is 5.75 Å². The second-order valence-electron chi connectivity index (χ2n) is 8.52. The molecular weight excluding hydrogens is 447 g/mol. The highest BCUT2D eigenvalue weighted by Crippen LogP contribution is 2.62. The number of carbonyl (C=O) groups is 1. The number of hydrogen-bond acceptors (Lipinski definition) is 5. The fourth-order valence-corrected chi connectivity index (χ4v) is 5.27. The summed E-state index contributed by atoms with van der Waals surface area (Å²) in [5, 5.41) is 8.84. The fraction of sp³-hybridized carbons (Fsp3) is 0.304. The second kappa shape index (κ2) is 7.02. The van der Waals surface area contributed by atoms with Crippen LogP contribution < -0.4 is 4.74 Å². The molecule has 0 radical (unpaired) electrons. The van der Waals surface area contributed by atoms with Crippen molar-refractivity contribution in [3.8, 4) is 11.4 Å². The number of amides is 1. The predicted molar refractivity (Wildman–Crippen MR) is 119 cm³/mol. The first-order chi connectivity index (χ1) is 16.0. The van der Waals surface area contributed by atoms with E-state index in [2.05, 4.69) is 15.2 Å². The van der Waals surface area contributed by atoms with Crippen molar-refractivity contribution in [2.45, 2.75) is 25.3 Å². The van der Waals surface area contributed by atoms with E-state index in [4.69, 9.17) is 21.3 Å². The average Bonchev–Trinajstić information content (AvgIpc) is 3.24. The normalized spacial score (nSPS) is 21.5. The van der Waals surface area contributed by atoms with Crippen LogP contribution in [-0.4, -0.2) is 49.4 Å². The summed E-state index contributed by atoms with van der Waals surface area (Å²) in [6.07, 6.45) is 4.55. The van der Waals surface area contributed by atoms with Gasteiger partial charge >= 0.3 is 0 Å². The van der Waals surface area contributed by atoms with E-state index in [1.807, 2.05) is 19.1 Å². The van der Waals surface area contributed by atoms with E-state index in [1.165, 1.54) is 30.4 Å². The third-order valence-electron chi connectivity index (χ3n) is 6.90. The Morgan fingerprint density at radius 1 is 1.27 bits per heavy atom. The number of methoxy groups -OCH3 is 1. The SMILES string of the molecule is COc1ccc(-n2nccn2)c(C(=O)N2CC[C@@H]3C[C@@]32c2nc3c(C)c(Cl)ccc3[nH]2)c1F. The number of imidazole rings is 1. The van der Waals surface area contributed by atoms with Crippen LogP contribution in [-0.2, 0) is 5.54 Å². The van der Waals surface area contributed by atoms with Crippen molar-refractivity contribution < 1.29 is 13.9 Å². The van der Waals surface area contributed by atoms with Crippen LogP contribution in [0.3, 0.4) is 0 Å². The number of carbonyl (C=O) groups excluding carboxylic acids is 1. The zero-order valence-electron chi connectivity index (χ0n) is 18.0. The molecule has 2 aromatic carbocycles. The van der Waals surface area contributed by atoms with Crippen molar-refractivity contribution in [2.75, 3.05) is 13.7 Å². The van der Waals surface area contributed by atoms with Gasteiger partial charge in [0.15, 0.2) is 11.6 Å². The number of aromatic amines is 1. The number of piperidine rings is 1. The molecule has 0 spiro atoms. The van der Waals surface area contributed by atoms with Gasteiger partial charge in [-0.3, -0.25) is 4.79 Å². The number of nitrogens with one attached hydrogen (secondary N) is 1. The minimum Gasteiger partial charge on any atom is -0.494 e. The summed E-state index contributed by atoms with van der Waals surface area (Å²) in [5.74, 6) is -0.208. The summed E-state index contributed by atoms with van der Waals surface area (Å²) in [6.45, 7) is 2.42. The molecule has 0 bridgehead atoms. The lowest BCUT2D eigenvalue weighted by Gasteiger charge is -2.28. The maximum absolute atomic E-state index is 15.5. The summed E-state index contributed by atoms with van der Waals surface area (Å²) in [4.78, 5) is 25.1. The zero-order chi connectivity index (χ0) is 22.9. The number of fused-ring (bicyclic) bond motifs is 2.